The summed E-state index contributed by atoms with van der Waals surface area (Å²) in [5.74, 6) is 1.42. The molecule has 0 unspecified atom stereocenters. The second kappa shape index (κ2) is 4.85. The van der Waals surface area contributed by atoms with E-state index < -0.39 is 0 Å². The van der Waals surface area contributed by atoms with Crippen LogP contribution in [0.25, 0.3) is 22.2 Å². The van der Waals surface area contributed by atoms with Crippen LogP contribution in [0.3, 0.4) is 0 Å². The number of anilines is 1. The van der Waals surface area contributed by atoms with Crippen LogP contribution in [0.15, 0.2) is 36.5 Å². The third-order valence-corrected chi connectivity index (χ3v) is 3.22. The summed E-state index contributed by atoms with van der Waals surface area (Å²) < 4.78 is 7.29. The van der Waals surface area contributed by atoms with Gasteiger partial charge in [-0.2, -0.15) is 5.10 Å². The molecule has 0 bridgehead atoms. The highest BCUT2D eigenvalue weighted by atomic mass is 16.5. The summed E-state index contributed by atoms with van der Waals surface area (Å²) in [7, 11) is 1.83. The molecule has 102 valence electrons. The monoisotopic (exact) mass is 268 g/mol. The number of nitrogen functional groups attached to an aromatic ring is 1. The molecule has 2 heterocycles. The van der Waals surface area contributed by atoms with Crippen LogP contribution in [0.4, 0.5) is 5.82 Å². The average molecular weight is 268 g/mol. The Morgan fingerprint density at radius 3 is 2.85 bits per heavy atom. The van der Waals surface area contributed by atoms with Crippen molar-refractivity contribution in [2.24, 2.45) is 7.05 Å². The predicted octanol–water partition coefficient (Wildman–Crippen LogP) is 2.62. The summed E-state index contributed by atoms with van der Waals surface area (Å²) in [5, 5.41) is 5.44. The van der Waals surface area contributed by atoms with E-state index in [2.05, 4.69) is 10.1 Å². The maximum absolute atomic E-state index is 5.86. The number of fused-ring (bicyclic) bond motifs is 1. The number of rotatable bonds is 3. The van der Waals surface area contributed by atoms with E-state index in [4.69, 9.17) is 10.5 Å². The number of nitrogens with two attached hydrogens (primary N) is 1. The van der Waals surface area contributed by atoms with Gasteiger partial charge in [0.05, 0.1) is 12.3 Å². The van der Waals surface area contributed by atoms with Gasteiger partial charge in [-0.25, -0.2) is 0 Å². The van der Waals surface area contributed by atoms with Gasteiger partial charge < -0.3 is 10.5 Å². The Bertz CT molecular complexity index is 744. The molecule has 0 saturated heterocycles. The molecule has 0 aliphatic heterocycles. The first kappa shape index (κ1) is 12.5. The van der Waals surface area contributed by atoms with Crippen molar-refractivity contribution in [3.63, 3.8) is 0 Å². The molecule has 0 aliphatic carbocycles. The van der Waals surface area contributed by atoms with Crippen LogP contribution in [0.2, 0.25) is 0 Å². The topological polar surface area (TPSA) is 66.0 Å². The Balaban J connectivity index is 2.24. The molecule has 0 radical (unpaired) electrons. The molecule has 0 saturated carbocycles. The second-order valence-electron chi connectivity index (χ2n) is 4.52. The summed E-state index contributed by atoms with van der Waals surface area (Å²) in [5.41, 5.74) is 8.55. The molecular formula is C15H16N4O. The average Bonchev–Trinajstić information content (AvgIpc) is 2.79. The Labute approximate surface area is 117 Å². The van der Waals surface area contributed by atoms with Crippen LogP contribution in [0, 0.1) is 0 Å². The molecule has 2 N–H and O–H groups in total. The van der Waals surface area contributed by atoms with E-state index in [1.807, 2.05) is 44.3 Å². The van der Waals surface area contributed by atoms with E-state index in [1.54, 1.807) is 10.9 Å². The number of pyridine rings is 1. The summed E-state index contributed by atoms with van der Waals surface area (Å²) in [6, 6.07) is 9.72. The molecule has 3 rings (SSSR count). The third kappa shape index (κ3) is 1.97. The second-order valence-corrected chi connectivity index (χ2v) is 4.52. The Kier molecular flexibility index (Phi) is 3.02. The highest BCUT2D eigenvalue weighted by Gasteiger charge is 2.12. The molecule has 1 aromatic carbocycles. The summed E-state index contributed by atoms with van der Waals surface area (Å²) in [6.07, 6.45) is 1.77. The normalized spacial score (nSPS) is 10.9. The van der Waals surface area contributed by atoms with Crippen LogP contribution in [-0.4, -0.2) is 21.4 Å². The van der Waals surface area contributed by atoms with Gasteiger partial charge in [-0.1, -0.05) is 6.07 Å². The van der Waals surface area contributed by atoms with Crippen molar-refractivity contribution >= 4 is 16.7 Å². The molecule has 0 atom stereocenters. The molecule has 0 spiro atoms. The highest BCUT2D eigenvalue weighted by molar-refractivity contribution is 5.97. The van der Waals surface area contributed by atoms with Gasteiger partial charge in [-0.05, 0) is 25.1 Å². The fraction of sp³-hybridized carbons (Fsp3) is 0.200. The lowest BCUT2D eigenvalue weighted by atomic mass is 10.0. The van der Waals surface area contributed by atoms with E-state index in [0.717, 1.165) is 27.9 Å². The molecule has 5 heteroatoms. The van der Waals surface area contributed by atoms with Crippen molar-refractivity contribution in [2.75, 3.05) is 12.3 Å². The minimum atomic E-state index is 0.613. The smallest absolute Gasteiger partial charge is 0.145 e. The summed E-state index contributed by atoms with van der Waals surface area (Å²) in [6.45, 7) is 2.57. The van der Waals surface area contributed by atoms with E-state index >= 15 is 0 Å². The zero-order chi connectivity index (χ0) is 14.1. The molecule has 20 heavy (non-hydrogen) atoms. The maximum Gasteiger partial charge on any atom is 0.145 e. The molecular weight excluding hydrogens is 252 g/mol. The number of benzene rings is 1. The minimum absolute atomic E-state index is 0.613. The van der Waals surface area contributed by atoms with Crippen molar-refractivity contribution < 1.29 is 4.74 Å². The molecule has 0 fully saturated rings. The summed E-state index contributed by atoms with van der Waals surface area (Å²) >= 11 is 0. The Morgan fingerprint density at radius 2 is 2.15 bits per heavy atom. The zero-order valence-electron chi connectivity index (χ0n) is 11.5. The van der Waals surface area contributed by atoms with Crippen LogP contribution >= 0.6 is 0 Å². The minimum Gasteiger partial charge on any atom is -0.492 e. The van der Waals surface area contributed by atoms with Gasteiger partial charge in [0.25, 0.3) is 0 Å². The predicted molar refractivity (Wildman–Crippen MR) is 79.5 cm³/mol. The fourth-order valence-corrected chi connectivity index (χ4v) is 2.26. The van der Waals surface area contributed by atoms with E-state index in [0.29, 0.717) is 12.4 Å². The number of ether oxygens (including phenoxy) is 1. The molecule has 2 aromatic heterocycles. The number of aryl methyl sites for hydroxylation is 1. The lowest BCUT2D eigenvalue weighted by Crippen LogP contribution is -1.97. The Morgan fingerprint density at radius 1 is 1.30 bits per heavy atom. The van der Waals surface area contributed by atoms with E-state index in [-0.39, 0.29) is 0 Å². The van der Waals surface area contributed by atoms with Crippen molar-refractivity contribution in [1.82, 2.24) is 14.8 Å². The molecule has 3 aromatic rings. The van der Waals surface area contributed by atoms with Crippen molar-refractivity contribution in [2.45, 2.75) is 6.92 Å². The van der Waals surface area contributed by atoms with E-state index in [9.17, 15) is 0 Å². The first-order chi connectivity index (χ1) is 9.70. The summed E-state index contributed by atoms with van der Waals surface area (Å²) in [4.78, 5) is 4.42. The lowest BCUT2D eigenvalue weighted by Gasteiger charge is -2.09. The number of hydrogen-bond acceptors (Lipinski definition) is 4. The molecule has 5 nitrogen and oxygen atoms in total. The van der Waals surface area contributed by atoms with Crippen molar-refractivity contribution in [1.29, 1.82) is 0 Å². The van der Waals surface area contributed by atoms with Crippen LogP contribution in [0.1, 0.15) is 6.92 Å². The number of aromatic nitrogens is 3. The van der Waals surface area contributed by atoms with E-state index in [1.165, 1.54) is 0 Å². The standard InChI is InChI=1S/C15H16N4O/c1-3-20-13-7-6-10(11-5-4-8-17-15(11)13)12-9-14(16)19(2)18-12/h4-9H,3,16H2,1-2H3. The number of hydrogen-bond donors (Lipinski definition) is 1. The number of nitrogens with zero attached hydrogens (tertiary/aromatic N) is 3. The van der Waals surface area contributed by atoms with Gasteiger partial charge in [0.2, 0.25) is 0 Å². The van der Waals surface area contributed by atoms with Gasteiger partial charge in [0.1, 0.15) is 17.1 Å². The molecule has 0 aliphatic rings. The van der Waals surface area contributed by atoms with Crippen molar-refractivity contribution in [3.8, 4) is 17.0 Å². The zero-order valence-corrected chi connectivity index (χ0v) is 11.5. The first-order valence-electron chi connectivity index (χ1n) is 6.51. The largest absolute Gasteiger partial charge is 0.492 e. The van der Waals surface area contributed by atoms with Gasteiger partial charge in [0, 0.05) is 30.3 Å². The molecule has 0 amide bonds. The SMILES string of the molecule is CCOc1ccc(-c2cc(N)n(C)n2)c2cccnc12. The van der Waals surface area contributed by atoms with Gasteiger partial charge >= 0.3 is 0 Å². The lowest BCUT2D eigenvalue weighted by molar-refractivity contribution is 0.343. The van der Waals surface area contributed by atoms with Crippen LogP contribution < -0.4 is 10.5 Å². The third-order valence-electron chi connectivity index (χ3n) is 3.22. The quantitative estimate of drug-likeness (QED) is 0.793. The van der Waals surface area contributed by atoms with Gasteiger partial charge in [-0.15, -0.1) is 0 Å². The van der Waals surface area contributed by atoms with Crippen molar-refractivity contribution in [3.05, 3.63) is 36.5 Å². The van der Waals surface area contributed by atoms with Gasteiger partial charge in [0.15, 0.2) is 0 Å². The first-order valence-corrected chi connectivity index (χ1v) is 6.51. The van der Waals surface area contributed by atoms with Crippen LogP contribution in [-0.2, 0) is 7.05 Å². The maximum atomic E-state index is 5.86. The van der Waals surface area contributed by atoms with Crippen LogP contribution in [0.5, 0.6) is 5.75 Å². The fourth-order valence-electron chi connectivity index (χ4n) is 2.26. The Hall–Kier alpha value is -2.56. The highest BCUT2D eigenvalue weighted by Crippen LogP contribution is 2.33. The van der Waals surface area contributed by atoms with Gasteiger partial charge in [-0.3, -0.25) is 9.67 Å².